The van der Waals surface area contributed by atoms with E-state index in [1.165, 1.54) is 16.8 Å². The van der Waals surface area contributed by atoms with Crippen LogP contribution in [0.4, 0.5) is 0 Å². The number of aromatic amines is 1. The first-order chi connectivity index (χ1) is 14.8. The molecule has 2 N–H and O–H groups in total. The summed E-state index contributed by atoms with van der Waals surface area (Å²) in [5.74, 6) is -0.228. The number of imidazole rings is 1. The summed E-state index contributed by atoms with van der Waals surface area (Å²) in [5, 5.41) is 3.97. The van der Waals surface area contributed by atoms with Crippen molar-refractivity contribution in [3.63, 3.8) is 0 Å². The molecule has 4 rings (SSSR count). The van der Waals surface area contributed by atoms with Gasteiger partial charge in [-0.15, -0.1) is 0 Å². The number of amides is 1. The molecular weight excluding hydrogens is 461 g/mol. The standard InChI is InChI=1S/C20H25Cl2N5O3S/c21-15-3-4-16(17(22)11-15)19(28)24-13-20(5-1-2-6-20)26-7-9-27(10-8-26)31(29,30)18-12-23-14-25-18/h3-4,11-12,14H,1-2,5-10,13H2,(H,23,25)(H,24,28). The van der Waals surface area contributed by atoms with Gasteiger partial charge in [-0.2, -0.15) is 4.31 Å². The number of carbonyl (C=O) groups is 1. The van der Waals surface area contributed by atoms with Crippen LogP contribution in [0.1, 0.15) is 36.0 Å². The highest BCUT2D eigenvalue weighted by atomic mass is 35.5. The van der Waals surface area contributed by atoms with Crippen LogP contribution in [0.3, 0.4) is 0 Å². The zero-order valence-corrected chi connectivity index (χ0v) is 19.3. The number of hydrogen-bond acceptors (Lipinski definition) is 5. The summed E-state index contributed by atoms with van der Waals surface area (Å²) >= 11 is 12.1. The molecule has 31 heavy (non-hydrogen) atoms. The molecule has 2 heterocycles. The van der Waals surface area contributed by atoms with E-state index in [0.717, 1.165) is 25.7 Å². The van der Waals surface area contributed by atoms with Gasteiger partial charge >= 0.3 is 0 Å². The predicted octanol–water partition coefficient (Wildman–Crippen LogP) is 2.77. The first-order valence-corrected chi connectivity index (χ1v) is 12.5. The smallest absolute Gasteiger partial charge is 0.260 e. The van der Waals surface area contributed by atoms with Crippen LogP contribution in [0.25, 0.3) is 0 Å². The van der Waals surface area contributed by atoms with E-state index in [2.05, 4.69) is 20.2 Å². The maximum absolute atomic E-state index is 12.7. The molecule has 2 fully saturated rings. The molecule has 0 radical (unpaired) electrons. The SMILES string of the molecule is O=C(NCC1(N2CCN(S(=O)(=O)c3cnc[nH]3)CC2)CCCC1)c1ccc(Cl)cc1Cl. The van der Waals surface area contributed by atoms with E-state index in [1.54, 1.807) is 18.2 Å². The maximum atomic E-state index is 12.7. The molecule has 2 aliphatic rings. The fraction of sp³-hybridized carbons (Fsp3) is 0.500. The molecule has 1 saturated heterocycles. The summed E-state index contributed by atoms with van der Waals surface area (Å²) in [4.78, 5) is 21.6. The van der Waals surface area contributed by atoms with Crippen LogP contribution in [-0.2, 0) is 10.0 Å². The Balaban J connectivity index is 1.41. The molecule has 1 amide bonds. The number of sulfonamides is 1. The van der Waals surface area contributed by atoms with E-state index in [0.29, 0.717) is 48.3 Å². The highest BCUT2D eigenvalue weighted by Gasteiger charge is 2.42. The Morgan fingerprint density at radius 3 is 2.48 bits per heavy atom. The average Bonchev–Trinajstić information content (AvgIpc) is 3.45. The molecule has 1 aromatic heterocycles. The zero-order valence-electron chi connectivity index (χ0n) is 17.0. The number of benzene rings is 1. The quantitative estimate of drug-likeness (QED) is 0.655. The van der Waals surface area contributed by atoms with Crippen LogP contribution in [-0.4, -0.2) is 71.8 Å². The lowest BCUT2D eigenvalue weighted by Crippen LogP contribution is -2.60. The number of H-pyrrole nitrogens is 1. The lowest BCUT2D eigenvalue weighted by atomic mass is 9.93. The number of halogens is 2. The summed E-state index contributed by atoms with van der Waals surface area (Å²) in [5.41, 5.74) is 0.230. The van der Waals surface area contributed by atoms with E-state index in [-0.39, 0.29) is 16.5 Å². The fourth-order valence-corrected chi connectivity index (χ4v) is 6.39. The van der Waals surface area contributed by atoms with Gasteiger partial charge in [-0.25, -0.2) is 13.4 Å². The van der Waals surface area contributed by atoms with Crippen molar-refractivity contribution >= 4 is 39.1 Å². The molecule has 1 aliphatic carbocycles. The second-order valence-electron chi connectivity index (χ2n) is 8.05. The fourth-order valence-electron chi connectivity index (χ4n) is 4.58. The molecule has 1 saturated carbocycles. The van der Waals surface area contributed by atoms with Crippen molar-refractivity contribution in [3.8, 4) is 0 Å². The molecular formula is C20H25Cl2N5O3S. The summed E-state index contributed by atoms with van der Waals surface area (Å²) in [6.07, 6.45) is 6.81. The van der Waals surface area contributed by atoms with Crippen LogP contribution in [0, 0.1) is 0 Å². The Labute approximate surface area is 192 Å². The minimum absolute atomic E-state index is 0.114. The van der Waals surface area contributed by atoms with E-state index < -0.39 is 10.0 Å². The van der Waals surface area contributed by atoms with Gasteiger partial charge in [0.15, 0.2) is 5.03 Å². The minimum Gasteiger partial charge on any atom is -0.350 e. The molecule has 11 heteroatoms. The lowest BCUT2D eigenvalue weighted by Gasteiger charge is -2.45. The lowest BCUT2D eigenvalue weighted by molar-refractivity contribution is 0.0539. The van der Waals surface area contributed by atoms with Gasteiger partial charge in [0.05, 0.1) is 23.1 Å². The third kappa shape index (κ3) is 4.61. The van der Waals surface area contributed by atoms with Crippen LogP contribution in [0.15, 0.2) is 35.7 Å². The zero-order chi connectivity index (χ0) is 22.1. The van der Waals surface area contributed by atoms with Gasteiger partial charge in [0.2, 0.25) is 0 Å². The topological polar surface area (TPSA) is 98.4 Å². The number of piperazine rings is 1. The van der Waals surface area contributed by atoms with Crippen molar-refractivity contribution in [2.75, 3.05) is 32.7 Å². The predicted molar refractivity (Wildman–Crippen MR) is 119 cm³/mol. The van der Waals surface area contributed by atoms with E-state index in [1.807, 2.05) is 0 Å². The highest BCUT2D eigenvalue weighted by Crippen LogP contribution is 2.36. The second kappa shape index (κ2) is 9.07. The Hall–Kier alpha value is -1.65. The molecule has 1 aliphatic heterocycles. The molecule has 0 bridgehead atoms. The first-order valence-electron chi connectivity index (χ1n) is 10.3. The highest BCUT2D eigenvalue weighted by molar-refractivity contribution is 7.89. The van der Waals surface area contributed by atoms with Crippen molar-refractivity contribution in [1.29, 1.82) is 0 Å². The van der Waals surface area contributed by atoms with Gasteiger partial charge in [-0.1, -0.05) is 36.0 Å². The normalized spacial score (nSPS) is 20.1. The molecule has 0 spiro atoms. The number of carbonyl (C=O) groups excluding carboxylic acids is 1. The van der Waals surface area contributed by atoms with Crippen LogP contribution in [0.5, 0.6) is 0 Å². The Morgan fingerprint density at radius 1 is 1.16 bits per heavy atom. The van der Waals surface area contributed by atoms with Gasteiger partial charge < -0.3 is 10.3 Å². The third-order valence-corrected chi connectivity index (χ3v) is 8.66. The number of hydrogen-bond donors (Lipinski definition) is 2. The van der Waals surface area contributed by atoms with E-state index >= 15 is 0 Å². The number of aromatic nitrogens is 2. The van der Waals surface area contributed by atoms with Crippen molar-refractivity contribution in [3.05, 3.63) is 46.3 Å². The average molecular weight is 486 g/mol. The molecule has 1 aromatic carbocycles. The Bertz CT molecular complexity index is 1030. The van der Waals surface area contributed by atoms with E-state index in [4.69, 9.17) is 23.2 Å². The summed E-state index contributed by atoms with van der Waals surface area (Å²) in [6, 6.07) is 4.83. The van der Waals surface area contributed by atoms with Gasteiger partial charge in [-0.3, -0.25) is 9.69 Å². The van der Waals surface area contributed by atoms with Crippen molar-refractivity contribution < 1.29 is 13.2 Å². The molecule has 2 aromatic rings. The Morgan fingerprint density at radius 2 is 1.87 bits per heavy atom. The van der Waals surface area contributed by atoms with Gasteiger partial charge in [0, 0.05) is 43.3 Å². The summed E-state index contributed by atoms with van der Waals surface area (Å²) < 4.78 is 27.0. The van der Waals surface area contributed by atoms with Gasteiger partial charge in [0.25, 0.3) is 15.9 Å². The van der Waals surface area contributed by atoms with Crippen molar-refractivity contribution in [1.82, 2.24) is 24.5 Å². The van der Waals surface area contributed by atoms with Crippen LogP contribution in [0.2, 0.25) is 10.0 Å². The monoisotopic (exact) mass is 485 g/mol. The molecule has 0 unspecified atom stereocenters. The molecule has 168 valence electrons. The molecule has 8 nitrogen and oxygen atoms in total. The number of rotatable bonds is 6. The maximum Gasteiger partial charge on any atom is 0.260 e. The number of nitrogens with one attached hydrogen (secondary N) is 2. The van der Waals surface area contributed by atoms with Crippen molar-refractivity contribution in [2.24, 2.45) is 0 Å². The summed E-state index contributed by atoms with van der Waals surface area (Å²) in [6.45, 7) is 2.54. The second-order valence-corrected chi connectivity index (χ2v) is 10.8. The Kier molecular flexibility index (Phi) is 6.60. The van der Waals surface area contributed by atoms with Gasteiger partial charge in [0.1, 0.15) is 0 Å². The summed E-state index contributed by atoms with van der Waals surface area (Å²) in [7, 11) is -3.56. The van der Waals surface area contributed by atoms with Crippen LogP contribution < -0.4 is 5.32 Å². The van der Waals surface area contributed by atoms with Crippen LogP contribution >= 0.6 is 23.2 Å². The van der Waals surface area contributed by atoms with E-state index in [9.17, 15) is 13.2 Å². The largest absolute Gasteiger partial charge is 0.350 e. The minimum atomic E-state index is -3.56. The molecule has 0 atom stereocenters. The third-order valence-electron chi connectivity index (χ3n) is 6.29. The van der Waals surface area contributed by atoms with Gasteiger partial charge in [-0.05, 0) is 31.0 Å². The van der Waals surface area contributed by atoms with Crippen molar-refractivity contribution in [2.45, 2.75) is 36.2 Å². The first kappa shape index (κ1) is 22.5. The number of nitrogens with zero attached hydrogens (tertiary/aromatic N) is 3.